The van der Waals surface area contributed by atoms with Crippen LogP contribution < -0.4 is 16.0 Å². The summed E-state index contributed by atoms with van der Waals surface area (Å²) in [7, 11) is 0. The molecule has 7 nitrogen and oxygen atoms in total. The lowest BCUT2D eigenvalue weighted by Crippen LogP contribution is -2.53. The van der Waals surface area contributed by atoms with E-state index in [0.717, 1.165) is 29.0 Å². The van der Waals surface area contributed by atoms with Crippen LogP contribution in [0.4, 0.5) is 5.82 Å². The highest BCUT2D eigenvalue weighted by Crippen LogP contribution is 2.28. The smallest absolute Gasteiger partial charge is 0.256 e. The van der Waals surface area contributed by atoms with Crippen LogP contribution in [0, 0.1) is 6.92 Å². The highest BCUT2D eigenvalue weighted by atomic mass is 32.1. The number of nitrogens with zero attached hydrogens (tertiary/aromatic N) is 2. The average Bonchev–Trinajstić information content (AvgIpc) is 3.38. The zero-order valence-electron chi connectivity index (χ0n) is 17.0. The zero-order chi connectivity index (χ0) is 21.1. The molecule has 1 aliphatic heterocycles. The lowest BCUT2D eigenvalue weighted by Gasteiger charge is -2.32. The van der Waals surface area contributed by atoms with E-state index < -0.39 is 6.29 Å². The van der Waals surface area contributed by atoms with E-state index in [9.17, 15) is 9.59 Å². The molecule has 8 heteroatoms. The van der Waals surface area contributed by atoms with E-state index in [4.69, 9.17) is 5.10 Å². The van der Waals surface area contributed by atoms with Gasteiger partial charge in [-0.1, -0.05) is 37.1 Å². The number of carbonyl (C=O) groups is 2. The van der Waals surface area contributed by atoms with Crippen LogP contribution in [0.2, 0.25) is 0 Å². The maximum atomic E-state index is 12.8. The number of nitrogens with one attached hydrogen (secondary N) is 3. The number of hydrogen-bond acceptors (Lipinski definition) is 5. The molecule has 0 bridgehead atoms. The number of benzene rings is 1. The summed E-state index contributed by atoms with van der Waals surface area (Å²) in [5, 5.41) is 16.0. The quantitative estimate of drug-likeness (QED) is 0.561. The first-order chi connectivity index (χ1) is 14.5. The van der Waals surface area contributed by atoms with E-state index in [2.05, 4.69) is 22.9 Å². The predicted molar refractivity (Wildman–Crippen MR) is 118 cm³/mol. The van der Waals surface area contributed by atoms with Crippen LogP contribution in [0.25, 0.3) is 10.6 Å². The van der Waals surface area contributed by atoms with Crippen LogP contribution in [-0.2, 0) is 4.79 Å². The molecule has 2 amide bonds. The molecule has 1 saturated heterocycles. The van der Waals surface area contributed by atoms with Crippen LogP contribution in [-0.4, -0.2) is 27.6 Å². The Hall–Kier alpha value is -2.97. The van der Waals surface area contributed by atoms with Crippen molar-refractivity contribution in [3.63, 3.8) is 0 Å². The van der Waals surface area contributed by atoms with Crippen LogP contribution in [0.15, 0.2) is 47.8 Å². The molecule has 1 aliphatic rings. The molecule has 3 aromatic rings. The Morgan fingerprint density at radius 1 is 1.30 bits per heavy atom. The lowest BCUT2D eigenvalue weighted by atomic mass is 10.1. The van der Waals surface area contributed by atoms with Gasteiger partial charge in [-0.3, -0.25) is 14.9 Å². The molecule has 2 aromatic heterocycles. The summed E-state index contributed by atoms with van der Waals surface area (Å²) < 4.78 is 1.65. The Morgan fingerprint density at radius 2 is 2.10 bits per heavy atom. The van der Waals surface area contributed by atoms with Crippen molar-refractivity contribution in [2.24, 2.45) is 0 Å². The summed E-state index contributed by atoms with van der Waals surface area (Å²) in [5.74, 6) is 0.279. The van der Waals surface area contributed by atoms with Gasteiger partial charge in [0.1, 0.15) is 11.5 Å². The number of aromatic nitrogens is 2. The number of amides is 2. The molecular formula is C22H25N5O2S. The second-order valence-corrected chi connectivity index (χ2v) is 8.43. The van der Waals surface area contributed by atoms with Gasteiger partial charge in [-0.15, -0.1) is 11.3 Å². The minimum atomic E-state index is -0.523. The second kappa shape index (κ2) is 8.81. The van der Waals surface area contributed by atoms with Gasteiger partial charge >= 0.3 is 0 Å². The number of hydrogen-bond donors (Lipinski definition) is 3. The van der Waals surface area contributed by atoms with Gasteiger partial charge in [-0.2, -0.15) is 5.10 Å². The van der Waals surface area contributed by atoms with Crippen LogP contribution >= 0.6 is 11.3 Å². The van der Waals surface area contributed by atoms with Gasteiger partial charge in [-0.25, -0.2) is 4.68 Å². The van der Waals surface area contributed by atoms with Crippen molar-refractivity contribution in [3.8, 4) is 10.6 Å². The molecule has 4 rings (SSSR count). The summed E-state index contributed by atoms with van der Waals surface area (Å²) >= 11 is 1.57. The molecule has 2 unspecified atom stereocenters. The molecule has 2 atom stereocenters. The minimum Gasteiger partial charge on any atom is -0.322 e. The molecular weight excluding hydrogens is 398 g/mol. The third-order valence-electron chi connectivity index (χ3n) is 5.07. The van der Waals surface area contributed by atoms with Crippen molar-refractivity contribution in [1.29, 1.82) is 0 Å². The van der Waals surface area contributed by atoms with Gasteiger partial charge in [0, 0.05) is 24.1 Å². The summed E-state index contributed by atoms with van der Waals surface area (Å²) in [5.41, 5.74) is 2.40. The standard InChI is InChI=1S/C22H25N5O2S/c1-3-5-16-12-20(28)25-22(23-16)27-19(13-17(26-27)18-6-4-11-30-18)24-21(29)15-9-7-14(2)8-10-15/h4,6-11,13,16,22-23H,3,5,12H2,1-2H3,(H,24,29)(H,25,28). The Kier molecular flexibility index (Phi) is 5.96. The van der Waals surface area contributed by atoms with E-state index in [1.54, 1.807) is 28.2 Å². The number of carbonyl (C=O) groups excluding carboxylic acids is 2. The Morgan fingerprint density at radius 3 is 2.80 bits per heavy atom. The Bertz CT molecular complexity index is 1030. The maximum absolute atomic E-state index is 12.8. The molecule has 30 heavy (non-hydrogen) atoms. The highest BCUT2D eigenvalue weighted by molar-refractivity contribution is 7.13. The maximum Gasteiger partial charge on any atom is 0.256 e. The Balaban J connectivity index is 1.65. The van der Waals surface area contributed by atoms with Crippen molar-refractivity contribution in [2.45, 2.75) is 45.4 Å². The predicted octanol–water partition coefficient (Wildman–Crippen LogP) is 3.91. The molecule has 0 saturated carbocycles. The fourth-order valence-corrected chi connectivity index (χ4v) is 4.23. The summed E-state index contributed by atoms with van der Waals surface area (Å²) in [6.45, 7) is 4.08. The molecule has 0 spiro atoms. The summed E-state index contributed by atoms with van der Waals surface area (Å²) in [6.07, 6.45) is 1.79. The van der Waals surface area contributed by atoms with Gasteiger partial charge in [0.25, 0.3) is 5.91 Å². The van der Waals surface area contributed by atoms with Gasteiger partial charge in [0.05, 0.1) is 4.88 Å². The van der Waals surface area contributed by atoms with Crippen molar-refractivity contribution in [1.82, 2.24) is 20.4 Å². The number of aryl methyl sites for hydroxylation is 1. The molecule has 156 valence electrons. The molecule has 3 heterocycles. The van der Waals surface area contributed by atoms with E-state index in [0.29, 0.717) is 17.8 Å². The van der Waals surface area contributed by atoms with Gasteiger partial charge < -0.3 is 10.6 Å². The highest BCUT2D eigenvalue weighted by Gasteiger charge is 2.29. The van der Waals surface area contributed by atoms with Gasteiger partial charge in [0.15, 0.2) is 6.29 Å². The monoisotopic (exact) mass is 423 g/mol. The van der Waals surface area contributed by atoms with E-state index in [1.165, 1.54) is 0 Å². The van der Waals surface area contributed by atoms with E-state index >= 15 is 0 Å². The first-order valence-corrected chi connectivity index (χ1v) is 11.0. The van der Waals surface area contributed by atoms with E-state index in [-0.39, 0.29) is 17.9 Å². The average molecular weight is 424 g/mol. The minimum absolute atomic E-state index is 0.0267. The van der Waals surface area contributed by atoms with Crippen LogP contribution in [0.3, 0.4) is 0 Å². The molecule has 1 aromatic carbocycles. The molecule has 0 radical (unpaired) electrons. The second-order valence-electron chi connectivity index (χ2n) is 7.48. The molecule has 3 N–H and O–H groups in total. The first kappa shape index (κ1) is 20.3. The van der Waals surface area contributed by atoms with Crippen molar-refractivity contribution >= 4 is 29.0 Å². The van der Waals surface area contributed by atoms with Crippen molar-refractivity contribution in [2.75, 3.05) is 5.32 Å². The van der Waals surface area contributed by atoms with Crippen LogP contribution in [0.1, 0.15) is 48.4 Å². The third-order valence-corrected chi connectivity index (χ3v) is 5.96. The van der Waals surface area contributed by atoms with Gasteiger partial charge in [0.2, 0.25) is 5.91 Å². The SMILES string of the molecule is CCCC1CC(=O)NC(n2nc(-c3cccs3)cc2NC(=O)c2ccc(C)cc2)N1. The van der Waals surface area contributed by atoms with Crippen molar-refractivity contribution in [3.05, 3.63) is 59.0 Å². The lowest BCUT2D eigenvalue weighted by molar-refractivity contribution is -0.125. The first-order valence-electron chi connectivity index (χ1n) is 10.1. The van der Waals surface area contributed by atoms with Crippen LogP contribution in [0.5, 0.6) is 0 Å². The summed E-state index contributed by atoms with van der Waals surface area (Å²) in [4.78, 5) is 26.1. The fourth-order valence-electron chi connectivity index (χ4n) is 3.55. The summed E-state index contributed by atoms with van der Waals surface area (Å²) in [6, 6.07) is 13.3. The van der Waals surface area contributed by atoms with Gasteiger partial charge in [-0.05, 0) is 36.9 Å². The Labute approximate surface area is 179 Å². The third kappa shape index (κ3) is 4.44. The molecule has 0 aliphatic carbocycles. The topological polar surface area (TPSA) is 88.1 Å². The number of anilines is 1. The number of rotatable bonds is 6. The fraction of sp³-hybridized carbons (Fsp3) is 0.318. The van der Waals surface area contributed by atoms with E-state index in [1.807, 2.05) is 42.6 Å². The zero-order valence-corrected chi connectivity index (χ0v) is 17.8. The number of thiophene rings is 1. The normalized spacial score (nSPS) is 18.8. The van der Waals surface area contributed by atoms with Crippen molar-refractivity contribution < 1.29 is 9.59 Å². The largest absolute Gasteiger partial charge is 0.322 e. The molecule has 1 fully saturated rings.